The maximum atomic E-state index is 4.80. The quantitative estimate of drug-likeness (QED) is 0.631. The SMILES string of the molecule is CCCCCCCCC1=Nc2ccccc2N(C)C1. The number of unbranched alkanes of at least 4 members (excludes halogenated alkanes) is 5. The summed E-state index contributed by atoms with van der Waals surface area (Å²) in [4.78, 5) is 7.12. The van der Waals surface area contributed by atoms with Crippen LogP contribution in [0, 0.1) is 0 Å². The zero-order chi connectivity index (χ0) is 13.5. The third-order valence-corrected chi connectivity index (χ3v) is 3.81. The first kappa shape index (κ1) is 14.1. The number of para-hydroxylation sites is 2. The van der Waals surface area contributed by atoms with Crippen LogP contribution in [0.25, 0.3) is 0 Å². The Kier molecular flexibility index (Phi) is 5.44. The fourth-order valence-electron chi connectivity index (χ4n) is 2.69. The highest BCUT2D eigenvalue weighted by Gasteiger charge is 2.14. The summed E-state index contributed by atoms with van der Waals surface area (Å²) >= 11 is 0. The predicted molar refractivity (Wildman–Crippen MR) is 84.8 cm³/mol. The predicted octanol–water partition coefficient (Wildman–Crippen LogP) is 4.96. The molecule has 19 heavy (non-hydrogen) atoms. The van der Waals surface area contributed by atoms with Crippen LogP contribution in [0.15, 0.2) is 29.3 Å². The highest BCUT2D eigenvalue weighted by Crippen LogP contribution is 2.31. The molecule has 0 aromatic heterocycles. The Labute approximate surface area is 117 Å². The Hall–Kier alpha value is -1.31. The largest absolute Gasteiger partial charge is 0.367 e. The van der Waals surface area contributed by atoms with Crippen molar-refractivity contribution in [2.45, 2.75) is 51.9 Å². The highest BCUT2D eigenvalue weighted by atomic mass is 15.1. The van der Waals surface area contributed by atoms with Crippen molar-refractivity contribution >= 4 is 17.1 Å². The molecule has 2 rings (SSSR count). The molecule has 1 aromatic rings. The summed E-state index contributed by atoms with van der Waals surface area (Å²) < 4.78 is 0. The zero-order valence-electron chi connectivity index (χ0n) is 12.4. The fraction of sp³-hybridized carbons (Fsp3) is 0.588. The number of nitrogens with zero attached hydrogens (tertiary/aromatic N) is 2. The molecule has 0 aliphatic carbocycles. The standard InChI is InChI=1S/C17H26N2/c1-3-4-5-6-7-8-11-15-14-19(2)17-13-10-9-12-16(17)18-15/h9-10,12-13H,3-8,11,14H2,1-2H3. The normalized spacial score (nSPS) is 14.2. The van der Waals surface area contributed by atoms with Crippen LogP contribution in [0.1, 0.15) is 51.9 Å². The molecule has 0 spiro atoms. The Morgan fingerprint density at radius 3 is 2.63 bits per heavy atom. The molecule has 0 amide bonds. The van der Waals surface area contributed by atoms with Crippen molar-refractivity contribution in [1.82, 2.24) is 0 Å². The average Bonchev–Trinajstić information content (AvgIpc) is 2.43. The molecular formula is C17H26N2. The minimum atomic E-state index is 0.992. The maximum absolute atomic E-state index is 4.80. The van der Waals surface area contributed by atoms with Gasteiger partial charge < -0.3 is 4.90 Å². The second-order valence-corrected chi connectivity index (χ2v) is 5.54. The number of benzene rings is 1. The van der Waals surface area contributed by atoms with Gasteiger partial charge in [0.15, 0.2) is 0 Å². The molecule has 0 fully saturated rings. The molecule has 0 saturated heterocycles. The third-order valence-electron chi connectivity index (χ3n) is 3.81. The lowest BCUT2D eigenvalue weighted by Crippen LogP contribution is -2.28. The van der Waals surface area contributed by atoms with E-state index in [-0.39, 0.29) is 0 Å². The van der Waals surface area contributed by atoms with E-state index in [4.69, 9.17) is 4.99 Å². The van der Waals surface area contributed by atoms with Crippen molar-refractivity contribution in [1.29, 1.82) is 0 Å². The Morgan fingerprint density at radius 2 is 1.79 bits per heavy atom. The molecule has 1 aromatic carbocycles. The first-order chi connectivity index (χ1) is 9.31. The number of rotatable bonds is 7. The van der Waals surface area contributed by atoms with Crippen molar-refractivity contribution in [3.05, 3.63) is 24.3 Å². The van der Waals surface area contributed by atoms with E-state index in [0.29, 0.717) is 0 Å². The van der Waals surface area contributed by atoms with Gasteiger partial charge in [0.25, 0.3) is 0 Å². The lowest BCUT2D eigenvalue weighted by Gasteiger charge is -2.26. The van der Waals surface area contributed by atoms with Crippen molar-refractivity contribution in [2.75, 3.05) is 18.5 Å². The van der Waals surface area contributed by atoms with Crippen LogP contribution in [0.4, 0.5) is 11.4 Å². The highest BCUT2D eigenvalue weighted by molar-refractivity contribution is 5.95. The molecule has 2 heteroatoms. The maximum Gasteiger partial charge on any atom is 0.0863 e. The lowest BCUT2D eigenvalue weighted by atomic mass is 10.1. The van der Waals surface area contributed by atoms with Gasteiger partial charge in [-0.15, -0.1) is 0 Å². The van der Waals surface area contributed by atoms with Gasteiger partial charge >= 0.3 is 0 Å². The fourth-order valence-corrected chi connectivity index (χ4v) is 2.69. The van der Waals surface area contributed by atoms with E-state index in [1.54, 1.807) is 0 Å². The molecule has 1 heterocycles. The summed E-state index contributed by atoms with van der Waals surface area (Å²) in [7, 11) is 2.16. The van der Waals surface area contributed by atoms with Crippen LogP contribution in [-0.2, 0) is 0 Å². The van der Waals surface area contributed by atoms with Gasteiger partial charge in [-0.1, -0.05) is 51.2 Å². The number of anilines is 1. The van der Waals surface area contributed by atoms with Crippen LogP contribution in [0.3, 0.4) is 0 Å². The van der Waals surface area contributed by atoms with E-state index < -0.39 is 0 Å². The average molecular weight is 258 g/mol. The van der Waals surface area contributed by atoms with Gasteiger partial charge in [0.2, 0.25) is 0 Å². The molecule has 0 radical (unpaired) electrons. The summed E-state index contributed by atoms with van der Waals surface area (Å²) in [5.74, 6) is 0. The van der Waals surface area contributed by atoms with E-state index >= 15 is 0 Å². The summed E-state index contributed by atoms with van der Waals surface area (Å²) in [6, 6.07) is 8.43. The van der Waals surface area contributed by atoms with E-state index in [2.05, 4.69) is 43.1 Å². The topological polar surface area (TPSA) is 15.6 Å². The first-order valence-electron chi connectivity index (χ1n) is 7.68. The van der Waals surface area contributed by atoms with Crippen LogP contribution in [0.5, 0.6) is 0 Å². The number of aliphatic imine (C=N–C) groups is 1. The van der Waals surface area contributed by atoms with E-state index in [9.17, 15) is 0 Å². The molecule has 0 saturated carbocycles. The van der Waals surface area contributed by atoms with Crippen molar-refractivity contribution < 1.29 is 0 Å². The number of hydrogen-bond donors (Lipinski definition) is 0. The van der Waals surface area contributed by atoms with Crippen LogP contribution < -0.4 is 4.90 Å². The third kappa shape index (κ3) is 4.09. The van der Waals surface area contributed by atoms with E-state index in [1.165, 1.54) is 49.9 Å². The lowest BCUT2D eigenvalue weighted by molar-refractivity contribution is 0.614. The molecule has 1 aliphatic rings. The minimum Gasteiger partial charge on any atom is -0.367 e. The second-order valence-electron chi connectivity index (χ2n) is 5.54. The zero-order valence-corrected chi connectivity index (χ0v) is 12.4. The van der Waals surface area contributed by atoms with E-state index in [0.717, 1.165) is 18.7 Å². The molecular weight excluding hydrogens is 232 g/mol. The van der Waals surface area contributed by atoms with Crippen LogP contribution in [-0.4, -0.2) is 19.3 Å². The van der Waals surface area contributed by atoms with Gasteiger partial charge in [-0.2, -0.15) is 0 Å². The van der Waals surface area contributed by atoms with E-state index in [1.807, 2.05) is 0 Å². The summed E-state index contributed by atoms with van der Waals surface area (Å²) in [6.07, 6.45) is 9.29. The molecule has 0 unspecified atom stereocenters. The smallest absolute Gasteiger partial charge is 0.0863 e. The van der Waals surface area contributed by atoms with Gasteiger partial charge in [0, 0.05) is 12.8 Å². The molecule has 0 atom stereocenters. The summed E-state index contributed by atoms with van der Waals surface area (Å²) in [6.45, 7) is 3.26. The monoisotopic (exact) mass is 258 g/mol. The van der Waals surface area contributed by atoms with Gasteiger partial charge in [-0.3, -0.25) is 4.99 Å². The van der Waals surface area contributed by atoms with Crippen LogP contribution in [0.2, 0.25) is 0 Å². The molecule has 0 N–H and O–H groups in total. The minimum absolute atomic E-state index is 0.992. The Bertz CT molecular complexity index is 423. The summed E-state index contributed by atoms with van der Waals surface area (Å²) in [5, 5.41) is 0. The summed E-state index contributed by atoms with van der Waals surface area (Å²) in [5.41, 5.74) is 3.74. The molecule has 2 nitrogen and oxygen atoms in total. The van der Waals surface area contributed by atoms with Crippen molar-refractivity contribution in [2.24, 2.45) is 4.99 Å². The van der Waals surface area contributed by atoms with Crippen molar-refractivity contribution in [3.8, 4) is 0 Å². The second kappa shape index (κ2) is 7.32. The first-order valence-corrected chi connectivity index (χ1v) is 7.68. The van der Waals surface area contributed by atoms with Gasteiger partial charge in [-0.25, -0.2) is 0 Å². The molecule has 104 valence electrons. The van der Waals surface area contributed by atoms with Crippen LogP contribution >= 0.6 is 0 Å². The molecule has 1 aliphatic heterocycles. The van der Waals surface area contributed by atoms with Gasteiger partial charge in [-0.05, 0) is 25.0 Å². The van der Waals surface area contributed by atoms with Crippen molar-refractivity contribution in [3.63, 3.8) is 0 Å². The van der Waals surface area contributed by atoms with Gasteiger partial charge in [0.05, 0.1) is 17.9 Å². The molecule has 0 bridgehead atoms. The number of fused-ring (bicyclic) bond motifs is 1. The number of hydrogen-bond acceptors (Lipinski definition) is 2. The Balaban J connectivity index is 1.81. The van der Waals surface area contributed by atoms with Gasteiger partial charge in [0.1, 0.15) is 0 Å². The Morgan fingerprint density at radius 1 is 1.05 bits per heavy atom.